The lowest BCUT2D eigenvalue weighted by atomic mass is 9.91. The summed E-state index contributed by atoms with van der Waals surface area (Å²) in [5.41, 5.74) is 2.61. The number of aliphatic imine (C=N–C) groups is 1. The van der Waals surface area contributed by atoms with Gasteiger partial charge in [-0.2, -0.15) is 4.99 Å². The average Bonchev–Trinajstić information content (AvgIpc) is 2.21. The van der Waals surface area contributed by atoms with Crippen molar-refractivity contribution in [3.63, 3.8) is 0 Å². The highest BCUT2D eigenvalue weighted by atomic mass is 16.5. The summed E-state index contributed by atoms with van der Waals surface area (Å²) in [6.07, 6.45) is 1.61. The molecule has 0 amide bonds. The van der Waals surface area contributed by atoms with Crippen LogP contribution < -0.4 is 4.74 Å². The normalized spacial score (nSPS) is 10.8. The number of ether oxygens (including phenoxy) is 1. The molecule has 0 bridgehead atoms. The summed E-state index contributed by atoms with van der Waals surface area (Å²) in [5.74, 6) is 0.757. The van der Waals surface area contributed by atoms with E-state index < -0.39 is 5.54 Å². The van der Waals surface area contributed by atoms with Gasteiger partial charge in [-0.1, -0.05) is 0 Å². The van der Waals surface area contributed by atoms with Gasteiger partial charge in [0.1, 0.15) is 5.75 Å². The Bertz CT molecular complexity index is 443. The lowest BCUT2D eigenvalue weighted by Gasteiger charge is -2.22. The molecule has 1 aromatic rings. The summed E-state index contributed by atoms with van der Waals surface area (Å²) in [6.45, 7) is 7.78. The second-order valence-electron chi connectivity index (χ2n) is 4.40. The van der Waals surface area contributed by atoms with Gasteiger partial charge in [0.25, 0.3) is 0 Å². The van der Waals surface area contributed by atoms with Gasteiger partial charge in [-0.3, -0.25) is 0 Å². The Labute approximate surface area is 96.2 Å². The van der Waals surface area contributed by atoms with Crippen molar-refractivity contribution in [3.05, 3.63) is 28.8 Å². The molecule has 0 spiro atoms. The van der Waals surface area contributed by atoms with Gasteiger partial charge in [0.2, 0.25) is 6.08 Å². The molecule has 0 saturated carbocycles. The number of carbonyl (C=O) groups excluding carboxylic acids is 1. The minimum Gasteiger partial charge on any atom is -0.496 e. The van der Waals surface area contributed by atoms with Gasteiger partial charge in [0.05, 0.1) is 12.6 Å². The van der Waals surface area contributed by atoms with E-state index in [0.29, 0.717) is 0 Å². The van der Waals surface area contributed by atoms with Crippen molar-refractivity contribution in [2.45, 2.75) is 33.2 Å². The summed E-state index contributed by atoms with van der Waals surface area (Å²) >= 11 is 0. The molecule has 0 aliphatic rings. The molecule has 0 atom stereocenters. The average molecular weight is 219 g/mol. The van der Waals surface area contributed by atoms with Gasteiger partial charge in [-0.25, -0.2) is 4.79 Å². The van der Waals surface area contributed by atoms with E-state index in [0.717, 1.165) is 22.4 Å². The zero-order chi connectivity index (χ0) is 12.3. The molecule has 0 aromatic heterocycles. The topological polar surface area (TPSA) is 38.7 Å². The van der Waals surface area contributed by atoms with Gasteiger partial charge in [0.15, 0.2) is 0 Å². The maximum absolute atomic E-state index is 10.4. The van der Waals surface area contributed by atoms with E-state index in [9.17, 15) is 4.79 Å². The third-order valence-corrected chi connectivity index (χ3v) is 2.80. The first-order valence-electron chi connectivity index (χ1n) is 5.17. The van der Waals surface area contributed by atoms with Crippen LogP contribution in [0.5, 0.6) is 5.75 Å². The standard InChI is InChI=1S/C13H17NO2/c1-9-6-11(13(3,4)14-8-15)12(16-5)7-10(9)2/h6-7H,1-5H3. The molecule has 1 rings (SSSR count). The quantitative estimate of drug-likeness (QED) is 0.579. The van der Waals surface area contributed by atoms with Crippen LogP contribution in [0.3, 0.4) is 0 Å². The van der Waals surface area contributed by atoms with Crippen LogP contribution in [0.2, 0.25) is 0 Å². The highest BCUT2D eigenvalue weighted by Crippen LogP contribution is 2.34. The summed E-state index contributed by atoms with van der Waals surface area (Å²) in [4.78, 5) is 14.2. The van der Waals surface area contributed by atoms with Crippen molar-refractivity contribution in [1.29, 1.82) is 0 Å². The number of hydrogen-bond donors (Lipinski definition) is 0. The van der Waals surface area contributed by atoms with E-state index in [1.165, 1.54) is 0 Å². The third-order valence-electron chi connectivity index (χ3n) is 2.80. The van der Waals surface area contributed by atoms with Gasteiger partial charge in [0, 0.05) is 5.56 Å². The maximum atomic E-state index is 10.4. The van der Waals surface area contributed by atoms with Gasteiger partial charge < -0.3 is 4.74 Å². The Morgan fingerprint density at radius 1 is 1.25 bits per heavy atom. The van der Waals surface area contributed by atoms with Crippen molar-refractivity contribution in [1.82, 2.24) is 0 Å². The van der Waals surface area contributed by atoms with E-state index >= 15 is 0 Å². The highest BCUT2D eigenvalue weighted by Gasteiger charge is 2.24. The first-order valence-corrected chi connectivity index (χ1v) is 5.17. The first-order chi connectivity index (χ1) is 7.42. The van der Waals surface area contributed by atoms with Gasteiger partial charge in [-0.15, -0.1) is 0 Å². The van der Waals surface area contributed by atoms with Gasteiger partial charge in [-0.05, 0) is 51.0 Å². The number of nitrogens with zero attached hydrogens (tertiary/aromatic N) is 1. The van der Waals surface area contributed by atoms with E-state index in [1.807, 2.05) is 39.8 Å². The van der Waals surface area contributed by atoms with Crippen LogP contribution in [0, 0.1) is 13.8 Å². The Morgan fingerprint density at radius 2 is 1.81 bits per heavy atom. The number of hydrogen-bond acceptors (Lipinski definition) is 3. The molecule has 86 valence electrons. The minimum atomic E-state index is -0.606. The molecule has 0 unspecified atom stereocenters. The van der Waals surface area contributed by atoms with E-state index in [4.69, 9.17) is 4.74 Å². The van der Waals surface area contributed by atoms with Crippen LogP contribution in [-0.2, 0) is 10.3 Å². The molecule has 0 heterocycles. The second-order valence-corrected chi connectivity index (χ2v) is 4.40. The predicted octanol–water partition coefficient (Wildman–Crippen LogP) is 2.88. The van der Waals surface area contributed by atoms with Gasteiger partial charge >= 0.3 is 0 Å². The zero-order valence-electron chi connectivity index (χ0n) is 10.4. The fourth-order valence-electron chi connectivity index (χ4n) is 1.61. The van der Waals surface area contributed by atoms with Crippen LogP contribution in [-0.4, -0.2) is 13.2 Å². The Morgan fingerprint density at radius 3 is 2.31 bits per heavy atom. The summed E-state index contributed by atoms with van der Waals surface area (Å²) in [6, 6.07) is 3.97. The molecule has 0 fully saturated rings. The molecule has 3 nitrogen and oxygen atoms in total. The number of isocyanates is 1. The molecule has 0 saturated heterocycles. The van der Waals surface area contributed by atoms with Crippen molar-refractivity contribution in [2.24, 2.45) is 4.99 Å². The molecule has 0 N–H and O–H groups in total. The molecule has 0 aliphatic heterocycles. The molecule has 0 radical (unpaired) electrons. The van der Waals surface area contributed by atoms with Crippen molar-refractivity contribution >= 4 is 6.08 Å². The smallest absolute Gasteiger partial charge is 0.235 e. The number of benzene rings is 1. The monoisotopic (exact) mass is 219 g/mol. The SMILES string of the molecule is COc1cc(C)c(C)cc1C(C)(C)N=C=O. The lowest BCUT2D eigenvalue weighted by Crippen LogP contribution is -2.15. The van der Waals surface area contributed by atoms with Crippen molar-refractivity contribution in [2.75, 3.05) is 7.11 Å². The van der Waals surface area contributed by atoms with Crippen molar-refractivity contribution in [3.8, 4) is 5.75 Å². The Hall–Kier alpha value is -1.60. The molecular formula is C13H17NO2. The Kier molecular flexibility index (Phi) is 3.51. The summed E-state index contributed by atoms with van der Waals surface area (Å²) in [5, 5.41) is 0. The number of rotatable bonds is 3. The molecular weight excluding hydrogens is 202 g/mol. The van der Waals surface area contributed by atoms with Crippen LogP contribution >= 0.6 is 0 Å². The van der Waals surface area contributed by atoms with Crippen LogP contribution in [0.1, 0.15) is 30.5 Å². The Balaban J connectivity index is 3.42. The summed E-state index contributed by atoms with van der Waals surface area (Å²) < 4.78 is 5.32. The number of methoxy groups -OCH3 is 1. The highest BCUT2D eigenvalue weighted by molar-refractivity contribution is 5.47. The molecule has 3 heteroatoms. The molecule has 1 aromatic carbocycles. The van der Waals surface area contributed by atoms with Crippen molar-refractivity contribution < 1.29 is 9.53 Å². The maximum Gasteiger partial charge on any atom is 0.235 e. The molecule has 16 heavy (non-hydrogen) atoms. The van der Waals surface area contributed by atoms with E-state index in [1.54, 1.807) is 13.2 Å². The first kappa shape index (κ1) is 12.5. The predicted molar refractivity (Wildman–Crippen MR) is 63.6 cm³/mol. The summed E-state index contributed by atoms with van der Waals surface area (Å²) in [7, 11) is 1.62. The van der Waals surface area contributed by atoms with Crippen LogP contribution in [0.15, 0.2) is 17.1 Å². The number of aryl methyl sites for hydroxylation is 2. The fraction of sp³-hybridized carbons (Fsp3) is 0.462. The fourth-order valence-corrected chi connectivity index (χ4v) is 1.61. The third kappa shape index (κ3) is 2.31. The van der Waals surface area contributed by atoms with E-state index in [-0.39, 0.29) is 0 Å². The van der Waals surface area contributed by atoms with E-state index in [2.05, 4.69) is 4.99 Å². The van der Waals surface area contributed by atoms with Crippen LogP contribution in [0.4, 0.5) is 0 Å². The second kappa shape index (κ2) is 4.50. The zero-order valence-corrected chi connectivity index (χ0v) is 10.4. The lowest BCUT2D eigenvalue weighted by molar-refractivity contribution is 0.394. The minimum absolute atomic E-state index is 0.606. The largest absolute Gasteiger partial charge is 0.496 e. The van der Waals surface area contributed by atoms with Crippen LogP contribution in [0.25, 0.3) is 0 Å². The molecule has 0 aliphatic carbocycles.